The van der Waals surface area contributed by atoms with Crippen LogP contribution in [-0.2, 0) is 6.54 Å². The van der Waals surface area contributed by atoms with Gasteiger partial charge in [-0.1, -0.05) is 28.1 Å². The molecule has 0 radical (unpaired) electrons. The lowest BCUT2D eigenvalue weighted by Crippen LogP contribution is -2.27. The molecule has 0 saturated heterocycles. The highest BCUT2D eigenvalue weighted by atomic mass is 79.9. The average Bonchev–Trinajstić information content (AvgIpc) is 2.88. The molecule has 0 aliphatic carbocycles. The van der Waals surface area contributed by atoms with E-state index in [2.05, 4.69) is 25.9 Å². The molecule has 5 heteroatoms. The second kappa shape index (κ2) is 5.93. The first-order chi connectivity index (χ1) is 10.5. The van der Waals surface area contributed by atoms with Crippen LogP contribution in [0.3, 0.4) is 0 Å². The number of H-pyrrole nitrogens is 1. The van der Waals surface area contributed by atoms with E-state index in [0.717, 1.165) is 26.9 Å². The molecule has 0 aliphatic heterocycles. The molecular weight excluding hydrogens is 342 g/mol. The maximum atomic E-state index is 12.6. The number of nitrogens with one attached hydrogen (secondary N) is 1. The van der Waals surface area contributed by atoms with Gasteiger partial charge in [0, 0.05) is 17.1 Å². The van der Waals surface area contributed by atoms with Crippen LogP contribution in [0, 0.1) is 6.92 Å². The van der Waals surface area contributed by atoms with E-state index in [0.29, 0.717) is 12.1 Å². The molecule has 0 spiro atoms. The zero-order chi connectivity index (χ0) is 15.7. The summed E-state index contributed by atoms with van der Waals surface area (Å²) in [6.45, 7) is 2.38. The molecule has 0 bridgehead atoms. The predicted molar refractivity (Wildman–Crippen MR) is 90.8 cm³/mol. The minimum Gasteiger partial charge on any atom is -0.340 e. The monoisotopic (exact) mass is 357 g/mol. The first kappa shape index (κ1) is 14.8. The van der Waals surface area contributed by atoms with Gasteiger partial charge in [0.25, 0.3) is 5.91 Å². The maximum absolute atomic E-state index is 12.6. The standard InChI is InChI=1S/C17H16BrN3O/c1-11-9-12(18)7-8-13(11)17(22)21(2)10-16-19-14-5-3-4-6-15(14)20-16/h3-9H,10H2,1-2H3,(H,19,20). The summed E-state index contributed by atoms with van der Waals surface area (Å²) in [5.74, 6) is 0.775. The molecule has 0 saturated carbocycles. The average molecular weight is 358 g/mol. The Morgan fingerprint density at radius 2 is 2.05 bits per heavy atom. The third kappa shape index (κ3) is 2.90. The van der Waals surface area contributed by atoms with Gasteiger partial charge in [-0.05, 0) is 42.8 Å². The summed E-state index contributed by atoms with van der Waals surface area (Å²) in [6.07, 6.45) is 0. The van der Waals surface area contributed by atoms with Crippen molar-refractivity contribution in [3.63, 3.8) is 0 Å². The van der Waals surface area contributed by atoms with Crippen molar-refractivity contribution in [2.24, 2.45) is 0 Å². The summed E-state index contributed by atoms with van der Waals surface area (Å²) in [5.41, 5.74) is 3.56. The largest absolute Gasteiger partial charge is 0.340 e. The van der Waals surface area contributed by atoms with E-state index in [1.165, 1.54) is 0 Å². The second-order valence-electron chi connectivity index (χ2n) is 5.32. The second-order valence-corrected chi connectivity index (χ2v) is 6.24. The summed E-state index contributed by atoms with van der Waals surface area (Å²) in [7, 11) is 1.79. The molecule has 1 heterocycles. The van der Waals surface area contributed by atoms with Gasteiger partial charge in [-0.25, -0.2) is 4.98 Å². The maximum Gasteiger partial charge on any atom is 0.254 e. The fourth-order valence-corrected chi connectivity index (χ4v) is 2.93. The molecule has 2 aromatic carbocycles. The molecule has 0 atom stereocenters. The molecule has 112 valence electrons. The molecule has 1 aromatic heterocycles. The van der Waals surface area contributed by atoms with E-state index < -0.39 is 0 Å². The number of imidazole rings is 1. The van der Waals surface area contributed by atoms with E-state index in [9.17, 15) is 4.79 Å². The van der Waals surface area contributed by atoms with E-state index in [4.69, 9.17) is 0 Å². The molecule has 0 aliphatic rings. The Balaban J connectivity index is 1.81. The molecule has 1 N–H and O–H groups in total. The van der Waals surface area contributed by atoms with E-state index in [-0.39, 0.29) is 5.91 Å². The minimum atomic E-state index is -0.00884. The summed E-state index contributed by atoms with van der Waals surface area (Å²) in [6, 6.07) is 13.5. The van der Waals surface area contributed by atoms with Crippen molar-refractivity contribution in [2.45, 2.75) is 13.5 Å². The normalized spacial score (nSPS) is 10.9. The van der Waals surface area contributed by atoms with Crippen molar-refractivity contribution >= 4 is 32.9 Å². The molecule has 0 unspecified atom stereocenters. The molecule has 0 fully saturated rings. The van der Waals surface area contributed by atoms with Crippen LogP contribution in [0.25, 0.3) is 11.0 Å². The number of hydrogen-bond donors (Lipinski definition) is 1. The summed E-state index contributed by atoms with van der Waals surface area (Å²) >= 11 is 3.42. The molecule has 3 rings (SSSR count). The molecule has 4 nitrogen and oxygen atoms in total. The van der Waals surface area contributed by atoms with Crippen LogP contribution in [0.1, 0.15) is 21.7 Å². The lowest BCUT2D eigenvalue weighted by Gasteiger charge is -2.17. The van der Waals surface area contributed by atoms with Crippen LogP contribution in [0.4, 0.5) is 0 Å². The fraction of sp³-hybridized carbons (Fsp3) is 0.176. The van der Waals surface area contributed by atoms with Crippen LogP contribution < -0.4 is 0 Å². The van der Waals surface area contributed by atoms with Crippen molar-refractivity contribution in [3.05, 3.63) is 63.9 Å². The zero-order valence-electron chi connectivity index (χ0n) is 12.4. The van der Waals surface area contributed by atoms with Crippen LogP contribution in [-0.4, -0.2) is 27.8 Å². The van der Waals surface area contributed by atoms with Crippen LogP contribution >= 0.6 is 15.9 Å². The highest BCUT2D eigenvalue weighted by Gasteiger charge is 2.16. The van der Waals surface area contributed by atoms with Crippen molar-refractivity contribution < 1.29 is 4.79 Å². The number of carbonyl (C=O) groups is 1. The van der Waals surface area contributed by atoms with Gasteiger partial charge in [-0.2, -0.15) is 0 Å². The van der Waals surface area contributed by atoms with Gasteiger partial charge in [0.15, 0.2) is 0 Å². The number of hydrogen-bond acceptors (Lipinski definition) is 2. The van der Waals surface area contributed by atoms with E-state index in [1.54, 1.807) is 11.9 Å². The number of carbonyl (C=O) groups excluding carboxylic acids is 1. The van der Waals surface area contributed by atoms with E-state index >= 15 is 0 Å². The Labute approximate surface area is 137 Å². The number of halogens is 1. The third-order valence-corrected chi connectivity index (χ3v) is 4.08. The number of nitrogens with zero attached hydrogens (tertiary/aromatic N) is 2. The van der Waals surface area contributed by atoms with Crippen LogP contribution in [0.5, 0.6) is 0 Å². The van der Waals surface area contributed by atoms with Gasteiger partial charge in [0.2, 0.25) is 0 Å². The fourth-order valence-electron chi connectivity index (χ4n) is 2.45. The number of rotatable bonds is 3. The Hall–Kier alpha value is -2.14. The number of aromatic amines is 1. The number of amides is 1. The Morgan fingerprint density at radius 1 is 1.27 bits per heavy atom. The van der Waals surface area contributed by atoms with Crippen LogP contribution in [0.2, 0.25) is 0 Å². The highest BCUT2D eigenvalue weighted by Crippen LogP contribution is 2.18. The van der Waals surface area contributed by atoms with Gasteiger partial charge < -0.3 is 9.88 Å². The molecule has 22 heavy (non-hydrogen) atoms. The van der Waals surface area contributed by atoms with Crippen molar-refractivity contribution in [3.8, 4) is 0 Å². The first-order valence-corrected chi connectivity index (χ1v) is 7.79. The first-order valence-electron chi connectivity index (χ1n) is 7.00. The van der Waals surface area contributed by atoms with Crippen molar-refractivity contribution in [2.75, 3.05) is 7.05 Å². The Kier molecular flexibility index (Phi) is 3.98. The van der Waals surface area contributed by atoms with Gasteiger partial charge in [-0.15, -0.1) is 0 Å². The van der Waals surface area contributed by atoms with Gasteiger partial charge >= 0.3 is 0 Å². The SMILES string of the molecule is Cc1cc(Br)ccc1C(=O)N(C)Cc1nc2ccccc2[nH]1. The van der Waals surface area contributed by atoms with Gasteiger partial charge in [-0.3, -0.25) is 4.79 Å². The lowest BCUT2D eigenvalue weighted by molar-refractivity contribution is 0.0781. The van der Waals surface area contributed by atoms with Gasteiger partial charge in [0.1, 0.15) is 5.82 Å². The number of para-hydroxylation sites is 2. The molecule has 1 amide bonds. The molecule has 3 aromatic rings. The quantitative estimate of drug-likeness (QED) is 0.772. The van der Waals surface area contributed by atoms with Crippen molar-refractivity contribution in [1.82, 2.24) is 14.9 Å². The number of aromatic nitrogens is 2. The lowest BCUT2D eigenvalue weighted by atomic mass is 10.1. The highest BCUT2D eigenvalue weighted by molar-refractivity contribution is 9.10. The minimum absolute atomic E-state index is 0.00884. The topological polar surface area (TPSA) is 49.0 Å². The predicted octanol–water partition coefficient (Wildman–Crippen LogP) is 3.91. The summed E-state index contributed by atoms with van der Waals surface area (Å²) in [5, 5.41) is 0. The Bertz CT molecular complexity index is 808. The zero-order valence-corrected chi connectivity index (χ0v) is 14.0. The van der Waals surface area contributed by atoms with E-state index in [1.807, 2.05) is 49.4 Å². The smallest absolute Gasteiger partial charge is 0.254 e. The summed E-state index contributed by atoms with van der Waals surface area (Å²) < 4.78 is 0.974. The number of benzene rings is 2. The van der Waals surface area contributed by atoms with Crippen LogP contribution in [0.15, 0.2) is 46.9 Å². The summed E-state index contributed by atoms with van der Waals surface area (Å²) in [4.78, 5) is 22.0. The van der Waals surface area contributed by atoms with Gasteiger partial charge in [0.05, 0.1) is 17.6 Å². The third-order valence-electron chi connectivity index (χ3n) is 3.59. The number of aryl methyl sites for hydroxylation is 1. The molecular formula is C17H16BrN3O. The number of fused-ring (bicyclic) bond motifs is 1. The van der Waals surface area contributed by atoms with Crippen molar-refractivity contribution in [1.29, 1.82) is 0 Å². The Morgan fingerprint density at radius 3 is 2.77 bits per heavy atom.